The van der Waals surface area contributed by atoms with Gasteiger partial charge in [0.15, 0.2) is 0 Å². The molecule has 2 aromatic rings. The maximum absolute atomic E-state index is 12.8. The minimum atomic E-state index is -0.344. The summed E-state index contributed by atoms with van der Waals surface area (Å²) >= 11 is 1.64. The number of para-hydroxylation sites is 2. The lowest BCUT2D eigenvalue weighted by atomic mass is 10.2. The van der Waals surface area contributed by atoms with Crippen molar-refractivity contribution in [2.45, 2.75) is 6.54 Å². The van der Waals surface area contributed by atoms with Crippen molar-refractivity contribution in [3.05, 3.63) is 69.4 Å². The summed E-state index contributed by atoms with van der Waals surface area (Å²) in [6, 6.07) is 10.8. The fourth-order valence-electron chi connectivity index (χ4n) is 3.33. The molecule has 1 aliphatic rings. The Hall–Kier alpha value is -2.71. The standard InChI is InChI=1S/C20H24N4O3S/c1-2-9-23(15-17-6-5-14-28-17)20(25)16-21-10-12-22(13-11-21)18-7-3-4-8-19(18)24(26)27/h2-8,14H,1,9-13,15-16H2. The average molecular weight is 401 g/mol. The molecular weight excluding hydrogens is 376 g/mol. The zero-order valence-electron chi connectivity index (χ0n) is 15.7. The van der Waals surface area contributed by atoms with Gasteiger partial charge in [0.1, 0.15) is 5.69 Å². The zero-order chi connectivity index (χ0) is 19.9. The molecule has 0 saturated carbocycles. The molecule has 1 amide bonds. The Balaban J connectivity index is 1.56. The molecule has 0 N–H and O–H groups in total. The van der Waals surface area contributed by atoms with Crippen LogP contribution in [-0.4, -0.2) is 59.9 Å². The van der Waals surface area contributed by atoms with Crippen molar-refractivity contribution in [3.63, 3.8) is 0 Å². The van der Waals surface area contributed by atoms with Crippen LogP contribution in [0.2, 0.25) is 0 Å². The lowest BCUT2D eigenvalue weighted by molar-refractivity contribution is -0.384. The summed E-state index contributed by atoms with van der Waals surface area (Å²) in [6.45, 7) is 7.93. The summed E-state index contributed by atoms with van der Waals surface area (Å²) in [5.41, 5.74) is 0.768. The number of carbonyl (C=O) groups is 1. The third-order valence-corrected chi connectivity index (χ3v) is 5.64. The van der Waals surface area contributed by atoms with E-state index in [1.54, 1.807) is 29.5 Å². The minimum absolute atomic E-state index is 0.0763. The number of hydrogen-bond donors (Lipinski definition) is 0. The van der Waals surface area contributed by atoms with Gasteiger partial charge in [0.25, 0.3) is 5.69 Å². The molecule has 0 radical (unpaired) electrons. The number of rotatable bonds is 8. The molecule has 28 heavy (non-hydrogen) atoms. The topological polar surface area (TPSA) is 69.9 Å². The third-order valence-electron chi connectivity index (χ3n) is 4.78. The van der Waals surface area contributed by atoms with Gasteiger partial charge in [-0.3, -0.25) is 19.8 Å². The Bertz CT molecular complexity index is 817. The van der Waals surface area contributed by atoms with Gasteiger partial charge in [-0.25, -0.2) is 0 Å². The molecule has 148 valence electrons. The van der Waals surface area contributed by atoms with Gasteiger partial charge in [0, 0.05) is 43.7 Å². The molecule has 3 rings (SSSR count). The molecule has 0 aliphatic carbocycles. The van der Waals surface area contributed by atoms with Gasteiger partial charge in [0.2, 0.25) is 5.91 Å². The van der Waals surface area contributed by atoms with Crippen LogP contribution < -0.4 is 4.90 Å². The van der Waals surface area contributed by atoms with E-state index in [2.05, 4.69) is 11.5 Å². The third kappa shape index (κ3) is 4.96. The second-order valence-corrected chi connectivity index (χ2v) is 7.68. The Labute approximate surface area is 168 Å². The maximum Gasteiger partial charge on any atom is 0.292 e. The van der Waals surface area contributed by atoms with Crippen molar-refractivity contribution in [1.29, 1.82) is 0 Å². The number of benzene rings is 1. The van der Waals surface area contributed by atoms with E-state index in [1.165, 1.54) is 6.07 Å². The number of nitro groups is 1. The monoisotopic (exact) mass is 400 g/mol. The van der Waals surface area contributed by atoms with E-state index in [4.69, 9.17) is 0 Å². The molecule has 0 unspecified atom stereocenters. The fraction of sp³-hybridized carbons (Fsp3) is 0.350. The van der Waals surface area contributed by atoms with Gasteiger partial charge >= 0.3 is 0 Å². The Morgan fingerprint density at radius 2 is 1.96 bits per heavy atom. The number of piperazine rings is 1. The van der Waals surface area contributed by atoms with Gasteiger partial charge in [0.05, 0.1) is 18.0 Å². The number of amides is 1. The minimum Gasteiger partial charge on any atom is -0.363 e. The smallest absolute Gasteiger partial charge is 0.292 e. The highest BCUT2D eigenvalue weighted by molar-refractivity contribution is 7.09. The molecule has 0 bridgehead atoms. The first-order valence-corrected chi connectivity index (χ1v) is 10.1. The Morgan fingerprint density at radius 3 is 2.61 bits per heavy atom. The normalized spacial score (nSPS) is 14.6. The predicted octanol–water partition coefficient (Wildman–Crippen LogP) is 2.99. The van der Waals surface area contributed by atoms with Crippen LogP contribution in [0.15, 0.2) is 54.4 Å². The first-order chi connectivity index (χ1) is 13.6. The quantitative estimate of drug-likeness (QED) is 0.387. The van der Waals surface area contributed by atoms with Gasteiger partial charge in [-0.1, -0.05) is 24.3 Å². The largest absolute Gasteiger partial charge is 0.363 e. The lowest BCUT2D eigenvalue weighted by Gasteiger charge is -2.36. The van der Waals surface area contributed by atoms with Crippen LogP contribution in [0.5, 0.6) is 0 Å². The summed E-state index contributed by atoms with van der Waals surface area (Å²) in [7, 11) is 0. The van der Waals surface area contributed by atoms with Crippen LogP contribution in [0, 0.1) is 10.1 Å². The van der Waals surface area contributed by atoms with Crippen LogP contribution in [0.1, 0.15) is 4.88 Å². The lowest BCUT2D eigenvalue weighted by Crippen LogP contribution is -2.50. The Kier molecular flexibility index (Phi) is 6.78. The summed E-state index contributed by atoms with van der Waals surface area (Å²) in [5, 5.41) is 13.3. The molecule has 1 aromatic carbocycles. The molecular formula is C20H24N4O3S. The van der Waals surface area contributed by atoms with E-state index in [1.807, 2.05) is 33.4 Å². The van der Waals surface area contributed by atoms with Crippen molar-refractivity contribution in [1.82, 2.24) is 9.80 Å². The second-order valence-electron chi connectivity index (χ2n) is 6.65. The number of nitrogens with zero attached hydrogens (tertiary/aromatic N) is 4. The molecule has 1 aromatic heterocycles. The first kappa shape index (κ1) is 20.0. The van der Waals surface area contributed by atoms with E-state index in [-0.39, 0.29) is 16.5 Å². The van der Waals surface area contributed by atoms with Crippen molar-refractivity contribution in [2.75, 3.05) is 44.2 Å². The van der Waals surface area contributed by atoms with E-state index in [9.17, 15) is 14.9 Å². The van der Waals surface area contributed by atoms with E-state index >= 15 is 0 Å². The summed E-state index contributed by atoms with van der Waals surface area (Å²) in [5.74, 6) is 0.0763. The van der Waals surface area contributed by atoms with Crippen molar-refractivity contribution < 1.29 is 9.72 Å². The van der Waals surface area contributed by atoms with Crippen molar-refractivity contribution in [2.24, 2.45) is 0 Å². The molecule has 1 saturated heterocycles. The number of anilines is 1. The molecule has 2 heterocycles. The molecule has 8 heteroatoms. The van der Waals surface area contributed by atoms with Crippen LogP contribution in [0.25, 0.3) is 0 Å². The number of hydrogen-bond acceptors (Lipinski definition) is 6. The second kappa shape index (κ2) is 9.48. The molecule has 1 aliphatic heterocycles. The van der Waals surface area contributed by atoms with Crippen LogP contribution in [-0.2, 0) is 11.3 Å². The number of thiophene rings is 1. The number of nitro benzene ring substituents is 1. The highest BCUT2D eigenvalue weighted by atomic mass is 32.1. The van der Waals surface area contributed by atoms with Crippen molar-refractivity contribution in [3.8, 4) is 0 Å². The maximum atomic E-state index is 12.8. The van der Waals surface area contributed by atoms with E-state index in [0.717, 1.165) is 4.88 Å². The average Bonchev–Trinajstić information content (AvgIpc) is 3.21. The van der Waals surface area contributed by atoms with E-state index < -0.39 is 0 Å². The van der Waals surface area contributed by atoms with E-state index in [0.29, 0.717) is 51.5 Å². The molecule has 7 nitrogen and oxygen atoms in total. The van der Waals surface area contributed by atoms with Gasteiger partial charge in [-0.15, -0.1) is 17.9 Å². The highest BCUT2D eigenvalue weighted by Crippen LogP contribution is 2.28. The van der Waals surface area contributed by atoms with Gasteiger partial charge < -0.3 is 9.80 Å². The predicted molar refractivity (Wildman–Crippen MR) is 112 cm³/mol. The summed E-state index contributed by atoms with van der Waals surface area (Å²) in [4.78, 5) is 30.8. The SMILES string of the molecule is C=CCN(Cc1cccs1)C(=O)CN1CCN(c2ccccc2[N+](=O)[O-])CC1. The van der Waals surface area contributed by atoms with Crippen LogP contribution in [0.3, 0.4) is 0 Å². The number of carbonyl (C=O) groups excluding carboxylic acids is 1. The van der Waals surface area contributed by atoms with Crippen molar-refractivity contribution >= 4 is 28.6 Å². The first-order valence-electron chi connectivity index (χ1n) is 9.20. The Morgan fingerprint density at radius 1 is 1.21 bits per heavy atom. The highest BCUT2D eigenvalue weighted by Gasteiger charge is 2.25. The summed E-state index contributed by atoms with van der Waals surface area (Å²) in [6.07, 6.45) is 1.75. The molecule has 0 atom stereocenters. The van der Waals surface area contributed by atoms with Crippen LogP contribution in [0.4, 0.5) is 11.4 Å². The molecule has 1 fully saturated rings. The fourth-order valence-corrected chi connectivity index (χ4v) is 4.04. The van der Waals surface area contributed by atoms with Crippen LogP contribution >= 0.6 is 11.3 Å². The van der Waals surface area contributed by atoms with Gasteiger partial charge in [-0.2, -0.15) is 0 Å². The zero-order valence-corrected chi connectivity index (χ0v) is 16.5. The van der Waals surface area contributed by atoms with Gasteiger partial charge in [-0.05, 0) is 17.5 Å². The summed E-state index contributed by atoms with van der Waals surface area (Å²) < 4.78 is 0. The molecule has 0 spiro atoms.